The standard InChI is InChI=1S/C26H38N6O8/c1-14(33)22(26(39)40)32-25(38)19(8-4-5-11-27)31-24(37)20(9-10-21(34)35)30-23(36)17(28)12-15-13-29-18-7-3-2-6-16(15)18/h2-3,6-7,13-14,17,19-20,22,29,33H,4-5,8-12,27-28H2,1H3,(H,30,36)(H,31,37)(H,32,38)(H,34,35)(H,39,40). The molecule has 14 heteroatoms. The zero-order valence-corrected chi connectivity index (χ0v) is 22.3. The van der Waals surface area contributed by atoms with Crippen molar-refractivity contribution in [2.45, 2.75) is 75.7 Å². The van der Waals surface area contributed by atoms with Crippen LogP contribution in [0.3, 0.4) is 0 Å². The van der Waals surface area contributed by atoms with Gasteiger partial charge in [0.25, 0.3) is 0 Å². The molecular weight excluding hydrogens is 524 g/mol. The number of aliphatic carboxylic acids is 2. The van der Waals surface area contributed by atoms with E-state index in [4.69, 9.17) is 16.6 Å². The molecular formula is C26H38N6O8. The number of carboxylic acid groups (broad SMARTS) is 2. The Morgan fingerprint density at radius 2 is 1.55 bits per heavy atom. The van der Waals surface area contributed by atoms with Gasteiger partial charge in [-0.1, -0.05) is 18.2 Å². The Kier molecular flexibility index (Phi) is 12.5. The molecule has 0 aliphatic heterocycles. The molecule has 1 aromatic carbocycles. The van der Waals surface area contributed by atoms with E-state index >= 15 is 0 Å². The Morgan fingerprint density at radius 3 is 2.17 bits per heavy atom. The van der Waals surface area contributed by atoms with Crippen molar-refractivity contribution in [2.75, 3.05) is 6.54 Å². The lowest BCUT2D eigenvalue weighted by Gasteiger charge is -2.25. The number of aromatic amines is 1. The molecule has 3 amide bonds. The molecule has 40 heavy (non-hydrogen) atoms. The molecule has 0 bridgehead atoms. The van der Waals surface area contributed by atoms with Gasteiger partial charge in [0.1, 0.15) is 12.1 Å². The molecule has 0 saturated carbocycles. The lowest BCUT2D eigenvalue weighted by atomic mass is 10.0. The SMILES string of the molecule is CC(O)C(NC(=O)C(CCCCN)NC(=O)C(CCC(=O)O)NC(=O)C(N)Cc1c[nH]c2ccccc12)C(=O)O. The topological polar surface area (TPSA) is 250 Å². The van der Waals surface area contributed by atoms with Gasteiger partial charge in [0.05, 0.1) is 12.1 Å². The van der Waals surface area contributed by atoms with Crippen LogP contribution < -0.4 is 27.4 Å². The minimum absolute atomic E-state index is 0.0839. The van der Waals surface area contributed by atoms with Gasteiger partial charge >= 0.3 is 11.9 Å². The van der Waals surface area contributed by atoms with E-state index in [2.05, 4.69) is 20.9 Å². The Morgan fingerprint density at radius 1 is 0.925 bits per heavy atom. The van der Waals surface area contributed by atoms with Gasteiger partial charge in [-0.05, 0) is 57.2 Å². The molecule has 5 unspecified atom stereocenters. The highest BCUT2D eigenvalue weighted by Gasteiger charge is 2.32. The molecule has 2 aromatic rings. The number of unbranched alkanes of at least 4 members (excludes halogenated alkanes) is 1. The predicted molar refractivity (Wildman–Crippen MR) is 145 cm³/mol. The third-order valence-electron chi connectivity index (χ3n) is 6.36. The van der Waals surface area contributed by atoms with Crippen molar-refractivity contribution in [2.24, 2.45) is 11.5 Å². The predicted octanol–water partition coefficient (Wildman–Crippen LogP) is -1.05. The van der Waals surface area contributed by atoms with Gasteiger partial charge in [-0.3, -0.25) is 19.2 Å². The van der Waals surface area contributed by atoms with Crippen molar-refractivity contribution >= 4 is 40.6 Å². The smallest absolute Gasteiger partial charge is 0.328 e. The number of rotatable bonds is 17. The highest BCUT2D eigenvalue weighted by molar-refractivity contribution is 5.94. The number of carbonyl (C=O) groups is 5. The molecule has 0 aliphatic rings. The highest BCUT2D eigenvalue weighted by atomic mass is 16.4. The van der Waals surface area contributed by atoms with E-state index in [-0.39, 0.29) is 19.3 Å². The zero-order valence-electron chi connectivity index (χ0n) is 22.3. The molecule has 1 aromatic heterocycles. The number of aliphatic hydroxyl groups is 1. The molecule has 0 saturated heterocycles. The fourth-order valence-corrected chi connectivity index (χ4v) is 4.12. The summed E-state index contributed by atoms with van der Waals surface area (Å²) in [5, 5.41) is 36.2. The summed E-state index contributed by atoms with van der Waals surface area (Å²) in [7, 11) is 0. The second-order valence-corrected chi connectivity index (χ2v) is 9.57. The number of benzene rings is 1. The van der Waals surface area contributed by atoms with Crippen LogP contribution in [0.5, 0.6) is 0 Å². The first-order chi connectivity index (χ1) is 18.9. The molecule has 2 rings (SSSR count). The quantitative estimate of drug-likeness (QED) is 0.106. The lowest BCUT2D eigenvalue weighted by Crippen LogP contribution is -2.58. The summed E-state index contributed by atoms with van der Waals surface area (Å²) in [5.41, 5.74) is 13.3. The Labute approximate surface area is 230 Å². The minimum Gasteiger partial charge on any atom is -0.481 e. The number of para-hydroxylation sites is 1. The van der Waals surface area contributed by atoms with Crippen molar-refractivity contribution < 1.29 is 39.3 Å². The second-order valence-electron chi connectivity index (χ2n) is 9.57. The van der Waals surface area contributed by atoms with Gasteiger partial charge in [-0.2, -0.15) is 0 Å². The number of nitrogens with one attached hydrogen (secondary N) is 4. The van der Waals surface area contributed by atoms with Crippen molar-refractivity contribution in [3.63, 3.8) is 0 Å². The largest absolute Gasteiger partial charge is 0.481 e. The molecule has 0 radical (unpaired) electrons. The first-order valence-corrected chi connectivity index (χ1v) is 13.0. The summed E-state index contributed by atoms with van der Waals surface area (Å²) in [6.45, 7) is 1.51. The normalized spacial score (nSPS) is 14.9. The zero-order chi connectivity index (χ0) is 29.8. The first kappa shape index (κ1) is 32.2. The van der Waals surface area contributed by atoms with Crippen LogP contribution in [-0.2, 0) is 30.4 Å². The van der Waals surface area contributed by atoms with E-state index in [1.165, 1.54) is 6.92 Å². The summed E-state index contributed by atoms with van der Waals surface area (Å²) in [6.07, 6.45) is 0.725. The number of hydrogen-bond donors (Lipinski definition) is 9. The number of nitrogens with two attached hydrogens (primary N) is 2. The van der Waals surface area contributed by atoms with Crippen molar-refractivity contribution in [3.8, 4) is 0 Å². The van der Waals surface area contributed by atoms with Crippen LogP contribution in [0.4, 0.5) is 0 Å². The van der Waals surface area contributed by atoms with Crippen molar-refractivity contribution in [3.05, 3.63) is 36.0 Å². The van der Waals surface area contributed by atoms with Gasteiger partial charge in [0.15, 0.2) is 6.04 Å². The summed E-state index contributed by atoms with van der Waals surface area (Å²) >= 11 is 0. The van der Waals surface area contributed by atoms with Gasteiger partial charge < -0.3 is 47.7 Å². The van der Waals surface area contributed by atoms with Crippen molar-refractivity contribution in [1.29, 1.82) is 0 Å². The number of carbonyl (C=O) groups excluding carboxylic acids is 3. The second kappa shape index (κ2) is 15.5. The highest BCUT2D eigenvalue weighted by Crippen LogP contribution is 2.19. The summed E-state index contributed by atoms with van der Waals surface area (Å²) in [5.74, 6) is -5.07. The molecule has 14 nitrogen and oxygen atoms in total. The molecule has 220 valence electrons. The Bertz CT molecular complexity index is 1180. The number of H-pyrrole nitrogens is 1. The minimum atomic E-state index is -1.62. The number of aliphatic hydroxyl groups excluding tert-OH is 1. The van der Waals surface area contributed by atoms with Crippen LogP contribution in [0.15, 0.2) is 30.5 Å². The third-order valence-corrected chi connectivity index (χ3v) is 6.36. The van der Waals surface area contributed by atoms with Crippen molar-refractivity contribution in [1.82, 2.24) is 20.9 Å². The maximum absolute atomic E-state index is 13.2. The number of carboxylic acids is 2. The van der Waals surface area contributed by atoms with E-state index in [9.17, 15) is 34.2 Å². The number of aromatic nitrogens is 1. The average Bonchev–Trinajstić information content (AvgIpc) is 3.30. The van der Waals surface area contributed by atoms with Crippen LogP contribution in [0, 0.1) is 0 Å². The number of amides is 3. The van der Waals surface area contributed by atoms with E-state index in [1.54, 1.807) is 6.20 Å². The molecule has 5 atom stereocenters. The number of fused-ring (bicyclic) bond motifs is 1. The van der Waals surface area contributed by atoms with E-state index in [0.29, 0.717) is 19.4 Å². The maximum atomic E-state index is 13.2. The van der Waals surface area contributed by atoms with Crippen LogP contribution in [0.2, 0.25) is 0 Å². The third kappa shape index (κ3) is 9.63. The van der Waals surface area contributed by atoms with E-state index in [0.717, 1.165) is 16.5 Å². The van der Waals surface area contributed by atoms with E-state index in [1.807, 2.05) is 24.3 Å². The summed E-state index contributed by atoms with van der Waals surface area (Å²) in [4.78, 5) is 64.7. The molecule has 0 spiro atoms. The molecule has 11 N–H and O–H groups in total. The van der Waals surface area contributed by atoms with Crippen LogP contribution in [0.1, 0.15) is 44.6 Å². The first-order valence-electron chi connectivity index (χ1n) is 13.0. The number of hydrogen-bond acceptors (Lipinski definition) is 8. The Hall–Kier alpha value is -4.01. The Balaban J connectivity index is 2.16. The van der Waals surface area contributed by atoms with Gasteiger partial charge in [0, 0.05) is 23.5 Å². The van der Waals surface area contributed by atoms with Gasteiger partial charge in [-0.15, -0.1) is 0 Å². The fraction of sp³-hybridized carbons (Fsp3) is 0.500. The van der Waals surface area contributed by atoms with Crippen LogP contribution in [-0.4, -0.2) is 86.8 Å². The van der Waals surface area contributed by atoms with Crippen LogP contribution in [0.25, 0.3) is 10.9 Å². The lowest BCUT2D eigenvalue weighted by molar-refractivity contribution is -0.145. The molecule has 0 aliphatic carbocycles. The monoisotopic (exact) mass is 562 g/mol. The maximum Gasteiger partial charge on any atom is 0.328 e. The molecule has 0 fully saturated rings. The van der Waals surface area contributed by atoms with Gasteiger partial charge in [-0.25, -0.2) is 4.79 Å². The summed E-state index contributed by atoms with van der Waals surface area (Å²) < 4.78 is 0. The van der Waals surface area contributed by atoms with Gasteiger partial charge in [0.2, 0.25) is 17.7 Å². The summed E-state index contributed by atoms with van der Waals surface area (Å²) in [6, 6.07) is 2.19. The van der Waals surface area contributed by atoms with Crippen LogP contribution >= 0.6 is 0 Å². The van der Waals surface area contributed by atoms with E-state index < -0.39 is 66.4 Å². The molecule has 1 heterocycles. The average molecular weight is 563 g/mol. The fourth-order valence-electron chi connectivity index (χ4n) is 4.12.